The van der Waals surface area contributed by atoms with Crippen LogP contribution in [0.1, 0.15) is 148 Å². The Balaban J connectivity index is 1.62. The van der Waals surface area contributed by atoms with Crippen molar-refractivity contribution in [3.63, 3.8) is 0 Å². The van der Waals surface area contributed by atoms with Crippen LogP contribution < -0.4 is 4.74 Å². The molecule has 3 heteroatoms. The van der Waals surface area contributed by atoms with Gasteiger partial charge in [0.1, 0.15) is 11.9 Å². The molecule has 2 aromatic rings. The molecule has 3 nitrogen and oxygen atoms in total. The summed E-state index contributed by atoms with van der Waals surface area (Å²) in [5, 5.41) is 0. The lowest BCUT2D eigenvalue weighted by Gasteiger charge is -2.14. The lowest BCUT2D eigenvalue weighted by atomic mass is 10.0. The van der Waals surface area contributed by atoms with Crippen LogP contribution in [0.2, 0.25) is 0 Å². The number of hydrogen-bond acceptors (Lipinski definition) is 3. The van der Waals surface area contributed by atoms with E-state index in [1.54, 1.807) is 0 Å². The first kappa shape index (κ1) is 32.9. The minimum absolute atomic E-state index is 0.0860. The predicted molar refractivity (Wildman–Crippen MR) is 166 cm³/mol. The maximum atomic E-state index is 12.3. The van der Waals surface area contributed by atoms with E-state index in [-0.39, 0.29) is 12.1 Å². The highest BCUT2D eigenvalue weighted by Crippen LogP contribution is 2.26. The van der Waals surface area contributed by atoms with Crippen molar-refractivity contribution in [1.29, 1.82) is 0 Å². The van der Waals surface area contributed by atoms with Crippen LogP contribution >= 0.6 is 0 Å². The predicted octanol–water partition coefficient (Wildman–Crippen LogP) is 11.4. The number of rotatable bonds is 23. The molecular weight excluding hydrogens is 480 g/mol. The van der Waals surface area contributed by atoms with Gasteiger partial charge in [0.2, 0.25) is 0 Å². The standard InChI is InChI=1S/C36H56O3/c1-4-6-8-10-12-14-15-17-19-21-36(37)39-31(3)32-22-24-33(25-23-32)34-26-28-35(29-27-34)38-30-20-18-16-13-11-9-7-5-2/h22-29,31H,4-21,30H2,1-3H3. The van der Waals surface area contributed by atoms with Gasteiger partial charge in [-0.05, 0) is 48.6 Å². The minimum atomic E-state index is -0.225. The molecule has 0 bridgehead atoms. The smallest absolute Gasteiger partial charge is 0.306 e. The van der Waals surface area contributed by atoms with E-state index in [4.69, 9.17) is 9.47 Å². The minimum Gasteiger partial charge on any atom is -0.494 e. The Labute approximate surface area is 240 Å². The first-order chi connectivity index (χ1) is 19.1. The van der Waals surface area contributed by atoms with E-state index < -0.39 is 0 Å². The molecule has 0 saturated carbocycles. The molecule has 0 N–H and O–H groups in total. The van der Waals surface area contributed by atoms with Gasteiger partial charge in [-0.25, -0.2) is 0 Å². The summed E-state index contributed by atoms with van der Waals surface area (Å²) >= 11 is 0. The summed E-state index contributed by atoms with van der Waals surface area (Å²) in [4.78, 5) is 12.3. The zero-order valence-corrected chi connectivity index (χ0v) is 25.4. The van der Waals surface area contributed by atoms with Crippen LogP contribution in [-0.4, -0.2) is 12.6 Å². The van der Waals surface area contributed by atoms with Gasteiger partial charge in [0, 0.05) is 6.42 Å². The van der Waals surface area contributed by atoms with Crippen molar-refractivity contribution in [3.8, 4) is 16.9 Å². The molecule has 0 fully saturated rings. The Morgan fingerprint density at radius 1 is 0.590 bits per heavy atom. The fourth-order valence-electron chi connectivity index (χ4n) is 5.02. The summed E-state index contributed by atoms with van der Waals surface area (Å²) in [6, 6.07) is 16.7. The van der Waals surface area contributed by atoms with Crippen molar-refractivity contribution in [3.05, 3.63) is 54.1 Å². The van der Waals surface area contributed by atoms with E-state index in [2.05, 4.69) is 62.4 Å². The molecule has 1 unspecified atom stereocenters. The second-order valence-corrected chi connectivity index (χ2v) is 11.2. The average molecular weight is 537 g/mol. The number of unbranched alkanes of at least 4 members (excludes halogenated alkanes) is 15. The summed E-state index contributed by atoms with van der Waals surface area (Å²) in [5.41, 5.74) is 3.35. The molecule has 39 heavy (non-hydrogen) atoms. The highest BCUT2D eigenvalue weighted by Gasteiger charge is 2.12. The van der Waals surface area contributed by atoms with Crippen LogP contribution in [0.3, 0.4) is 0 Å². The first-order valence-electron chi connectivity index (χ1n) is 16.2. The van der Waals surface area contributed by atoms with Crippen molar-refractivity contribution in [2.75, 3.05) is 6.61 Å². The molecule has 0 saturated heterocycles. The second kappa shape index (κ2) is 21.5. The zero-order valence-electron chi connectivity index (χ0n) is 25.4. The van der Waals surface area contributed by atoms with E-state index >= 15 is 0 Å². The third-order valence-electron chi connectivity index (χ3n) is 7.63. The zero-order chi connectivity index (χ0) is 28.0. The van der Waals surface area contributed by atoms with Crippen molar-refractivity contribution in [2.24, 2.45) is 0 Å². The van der Waals surface area contributed by atoms with Crippen LogP contribution in [-0.2, 0) is 9.53 Å². The molecule has 2 rings (SSSR count). The fraction of sp³-hybridized carbons (Fsp3) is 0.639. The Bertz CT molecular complexity index is 856. The lowest BCUT2D eigenvalue weighted by Crippen LogP contribution is -2.08. The maximum Gasteiger partial charge on any atom is 0.306 e. The Kier molecular flexibility index (Phi) is 18.2. The number of carbonyl (C=O) groups excluding carboxylic acids is 1. The van der Waals surface area contributed by atoms with Crippen molar-refractivity contribution >= 4 is 5.97 Å². The molecule has 0 radical (unpaired) electrons. The fourth-order valence-corrected chi connectivity index (χ4v) is 5.02. The summed E-state index contributed by atoms with van der Waals surface area (Å²) in [5.74, 6) is 0.850. The van der Waals surface area contributed by atoms with Gasteiger partial charge < -0.3 is 9.47 Å². The molecule has 2 aromatic carbocycles. The third-order valence-corrected chi connectivity index (χ3v) is 7.63. The third kappa shape index (κ3) is 15.2. The number of carbonyl (C=O) groups is 1. The topological polar surface area (TPSA) is 35.5 Å². The molecule has 0 aliphatic heterocycles. The van der Waals surface area contributed by atoms with Crippen LogP contribution in [0.4, 0.5) is 0 Å². The average Bonchev–Trinajstić information content (AvgIpc) is 2.96. The van der Waals surface area contributed by atoms with Gasteiger partial charge in [0.15, 0.2) is 0 Å². The first-order valence-corrected chi connectivity index (χ1v) is 16.2. The van der Waals surface area contributed by atoms with Gasteiger partial charge in [0.25, 0.3) is 0 Å². The monoisotopic (exact) mass is 536 g/mol. The molecule has 1 atom stereocenters. The van der Waals surface area contributed by atoms with Crippen molar-refractivity contribution < 1.29 is 14.3 Å². The second-order valence-electron chi connectivity index (χ2n) is 11.2. The molecule has 0 spiro atoms. The van der Waals surface area contributed by atoms with E-state index in [0.29, 0.717) is 6.42 Å². The Morgan fingerprint density at radius 3 is 1.54 bits per heavy atom. The maximum absolute atomic E-state index is 12.3. The quantitative estimate of drug-likeness (QED) is 0.105. The van der Waals surface area contributed by atoms with Crippen LogP contribution in [0.15, 0.2) is 48.5 Å². The van der Waals surface area contributed by atoms with E-state index in [1.807, 2.05) is 6.92 Å². The number of esters is 1. The number of hydrogen-bond donors (Lipinski definition) is 0. The van der Waals surface area contributed by atoms with Gasteiger partial charge in [-0.1, -0.05) is 147 Å². The Hall–Kier alpha value is -2.29. The van der Waals surface area contributed by atoms with E-state index in [9.17, 15) is 4.79 Å². The highest BCUT2D eigenvalue weighted by atomic mass is 16.5. The lowest BCUT2D eigenvalue weighted by molar-refractivity contribution is -0.148. The van der Waals surface area contributed by atoms with E-state index in [1.165, 1.54) is 89.9 Å². The van der Waals surface area contributed by atoms with Gasteiger partial charge in [0.05, 0.1) is 6.61 Å². The molecule has 0 aliphatic rings. The van der Waals surface area contributed by atoms with Crippen LogP contribution in [0.25, 0.3) is 11.1 Å². The van der Waals surface area contributed by atoms with Crippen molar-refractivity contribution in [1.82, 2.24) is 0 Å². The molecule has 0 heterocycles. The number of benzene rings is 2. The summed E-state index contributed by atoms with van der Waals surface area (Å²) in [7, 11) is 0. The highest BCUT2D eigenvalue weighted by molar-refractivity contribution is 5.70. The summed E-state index contributed by atoms with van der Waals surface area (Å²) in [6.45, 7) is 7.27. The SMILES string of the molecule is CCCCCCCCCCCC(=O)OC(C)c1ccc(-c2ccc(OCCCCCCCCCC)cc2)cc1. The molecule has 0 aromatic heterocycles. The largest absolute Gasteiger partial charge is 0.494 e. The van der Waals surface area contributed by atoms with E-state index in [0.717, 1.165) is 48.3 Å². The van der Waals surface area contributed by atoms with Crippen LogP contribution in [0, 0.1) is 0 Å². The number of ether oxygens (including phenoxy) is 2. The van der Waals surface area contributed by atoms with Gasteiger partial charge in [-0.2, -0.15) is 0 Å². The van der Waals surface area contributed by atoms with Crippen molar-refractivity contribution in [2.45, 2.75) is 142 Å². The van der Waals surface area contributed by atoms with Gasteiger partial charge in [-0.3, -0.25) is 4.79 Å². The van der Waals surface area contributed by atoms with Crippen LogP contribution in [0.5, 0.6) is 5.75 Å². The molecular formula is C36H56O3. The summed E-state index contributed by atoms with van der Waals surface area (Å²) < 4.78 is 11.6. The molecule has 0 amide bonds. The molecule has 218 valence electrons. The molecule has 0 aliphatic carbocycles. The van der Waals surface area contributed by atoms with Gasteiger partial charge in [-0.15, -0.1) is 0 Å². The van der Waals surface area contributed by atoms with Gasteiger partial charge >= 0.3 is 5.97 Å². The normalized spacial score (nSPS) is 11.9. The summed E-state index contributed by atoms with van der Waals surface area (Å²) in [6.07, 6.45) is 22.1. The Morgan fingerprint density at radius 2 is 1.03 bits per heavy atom.